The molecule has 12 nitrogen and oxygen atoms in total. The molecule has 1 aliphatic heterocycles. The molecule has 0 bridgehead atoms. The second kappa shape index (κ2) is 26.7. The van der Waals surface area contributed by atoms with Gasteiger partial charge in [0.2, 0.25) is 0 Å². The van der Waals surface area contributed by atoms with Gasteiger partial charge in [-0.05, 0) is 24.7 Å². The fraction of sp³-hybridized carbons (Fsp3) is 0.886. The third-order valence-corrected chi connectivity index (χ3v) is 11.0. The zero-order valence-electron chi connectivity index (χ0n) is 30.4. The molecule has 1 saturated heterocycles. The number of rotatable bonds is 31. The lowest BCUT2D eigenvalue weighted by atomic mass is 10.1. The lowest BCUT2D eigenvalue weighted by Crippen LogP contribution is -2.37. The van der Waals surface area contributed by atoms with E-state index in [2.05, 4.69) is 18.8 Å². The summed E-state index contributed by atoms with van der Waals surface area (Å²) in [5.74, 6) is 1.71. The Morgan fingerprint density at radius 3 is 2.08 bits per heavy atom. The van der Waals surface area contributed by atoms with Crippen molar-refractivity contribution in [3.8, 4) is 0 Å². The van der Waals surface area contributed by atoms with Gasteiger partial charge < -0.3 is 29.9 Å². The zero-order chi connectivity index (χ0) is 35.7. The van der Waals surface area contributed by atoms with Crippen LogP contribution in [0.1, 0.15) is 136 Å². The molecule has 1 aromatic rings. The average Bonchev–Trinajstić information content (AvgIpc) is 3.39. The third-order valence-electron chi connectivity index (χ3n) is 8.83. The predicted molar refractivity (Wildman–Crippen MR) is 197 cm³/mol. The van der Waals surface area contributed by atoms with Gasteiger partial charge in [0.05, 0.1) is 19.3 Å². The fourth-order valence-electron chi connectivity index (χ4n) is 5.87. The molecular weight excluding hydrogens is 669 g/mol. The Kier molecular flexibility index (Phi) is 24.1. The van der Waals surface area contributed by atoms with Gasteiger partial charge in [-0.25, -0.2) is 9.36 Å². The van der Waals surface area contributed by atoms with Gasteiger partial charge in [-0.15, -0.1) is 0 Å². The van der Waals surface area contributed by atoms with E-state index in [9.17, 15) is 19.4 Å². The van der Waals surface area contributed by atoms with Gasteiger partial charge in [-0.1, -0.05) is 117 Å². The number of ether oxygens (including phenoxy) is 3. The monoisotopic (exact) mass is 735 g/mol. The zero-order valence-corrected chi connectivity index (χ0v) is 32.1. The summed E-state index contributed by atoms with van der Waals surface area (Å²) in [6.07, 6.45) is 19.2. The standard InChI is InChI=1S/C35H66N3O9PS/c1-4-6-8-10-12-14-15-17-19-21-25-49-28-29(44-24-20-18-16-13-11-9-7-5-2)26-45-48(41,42)46-27-30-32(39)33(43-3)34(47-30)38-23-22-31(36)37-35(38)40/h22-23,29-30,32-34,39H,4-21,24-28H2,1-3H3,(H,41,42)(H2,36,37,40)/t29?,30-,32-,33-,34-/m1/s1. The van der Waals surface area contributed by atoms with Crippen molar-refractivity contribution in [2.45, 2.75) is 160 Å². The SMILES string of the molecule is CCCCCCCCCCCCSCC(COP(=O)(O)OC[C@H]1O[C@@H](n2ccc(N)nc2=O)[C@H](OC)[C@@H]1O)OCCCCCCCCCC. The van der Waals surface area contributed by atoms with E-state index in [0.29, 0.717) is 12.4 Å². The molecule has 49 heavy (non-hydrogen) atoms. The first-order chi connectivity index (χ1) is 23.7. The molecule has 1 aliphatic rings. The van der Waals surface area contributed by atoms with Crippen molar-refractivity contribution in [3.63, 3.8) is 0 Å². The first kappa shape index (κ1) is 44.1. The minimum absolute atomic E-state index is 0.0457. The van der Waals surface area contributed by atoms with E-state index in [1.165, 1.54) is 116 Å². The molecule has 0 aromatic carbocycles. The maximum Gasteiger partial charge on any atom is 0.472 e. The van der Waals surface area contributed by atoms with Crippen molar-refractivity contribution in [2.24, 2.45) is 0 Å². The maximum absolute atomic E-state index is 12.9. The summed E-state index contributed by atoms with van der Waals surface area (Å²) in [7, 11) is -3.15. The molecule has 1 fully saturated rings. The number of aliphatic hydroxyl groups excluding tert-OH is 1. The quantitative estimate of drug-likeness (QED) is 0.0512. The molecule has 0 spiro atoms. The summed E-state index contributed by atoms with van der Waals surface area (Å²) in [6, 6.07) is 1.42. The molecule has 14 heteroatoms. The molecule has 2 rings (SSSR count). The Morgan fingerprint density at radius 2 is 1.51 bits per heavy atom. The predicted octanol–water partition coefficient (Wildman–Crippen LogP) is 7.41. The first-order valence-corrected chi connectivity index (χ1v) is 21.4. The van der Waals surface area contributed by atoms with Crippen LogP contribution in [0.25, 0.3) is 0 Å². The Bertz CT molecular complexity index is 1090. The van der Waals surface area contributed by atoms with E-state index in [4.69, 9.17) is 29.0 Å². The van der Waals surface area contributed by atoms with Crippen LogP contribution in [0, 0.1) is 0 Å². The van der Waals surface area contributed by atoms with Gasteiger partial charge in [0, 0.05) is 25.7 Å². The topological polar surface area (TPSA) is 165 Å². The van der Waals surface area contributed by atoms with Gasteiger partial charge in [-0.2, -0.15) is 16.7 Å². The van der Waals surface area contributed by atoms with Gasteiger partial charge in [0.15, 0.2) is 6.23 Å². The second-order valence-corrected chi connectivity index (χ2v) is 15.7. The molecule has 1 aromatic heterocycles. The van der Waals surface area contributed by atoms with Gasteiger partial charge >= 0.3 is 13.5 Å². The Hall–Kier alpha value is -1.02. The molecule has 0 aliphatic carbocycles. The number of unbranched alkanes of at least 4 members (excludes halogenated alkanes) is 16. The van der Waals surface area contributed by atoms with Crippen LogP contribution in [0.15, 0.2) is 17.1 Å². The highest BCUT2D eigenvalue weighted by molar-refractivity contribution is 7.99. The van der Waals surface area contributed by atoms with E-state index < -0.39 is 44.7 Å². The third kappa shape index (κ3) is 18.9. The lowest BCUT2D eigenvalue weighted by Gasteiger charge is -2.21. The van der Waals surface area contributed by atoms with E-state index in [0.717, 1.165) is 29.6 Å². The molecule has 4 N–H and O–H groups in total. The van der Waals surface area contributed by atoms with Crippen molar-refractivity contribution in [2.75, 3.05) is 44.2 Å². The number of nitrogen functional groups attached to an aromatic ring is 1. The van der Waals surface area contributed by atoms with E-state index in [-0.39, 0.29) is 18.5 Å². The number of nitrogens with two attached hydrogens (primary N) is 1. The minimum atomic E-state index is -4.51. The normalized spacial score (nSPS) is 21.2. The van der Waals surface area contributed by atoms with Crippen LogP contribution >= 0.6 is 19.6 Å². The minimum Gasteiger partial charge on any atom is -0.387 e. The lowest BCUT2D eigenvalue weighted by molar-refractivity contribution is -0.0632. The Labute approximate surface area is 299 Å². The van der Waals surface area contributed by atoms with Gasteiger partial charge in [0.25, 0.3) is 0 Å². The molecule has 0 amide bonds. The molecular formula is C35H66N3O9PS. The van der Waals surface area contributed by atoms with Crippen molar-refractivity contribution < 1.29 is 37.8 Å². The van der Waals surface area contributed by atoms with Crippen molar-refractivity contribution >= 4 is 25.4 Å². The number of methoxy groups -OCH3 is 1. The second-order valence-electron chi connectivity index (χ2n) is 13.1. The highest BCUT2D eigenvalue weighted by Gasteiger charge is 2.46. The largest absolute Gasteiger partial charge is 0.472 e. The molecule has 2 heterocycles. The number of anilines is 1. The number of hydrogen-bond donors (Lipinski definition) is 3. The fourth-order valence-corrected chi connectivity index (χ4v) is 7.67. The summed E-state index contributed by atoms with van der Waals surface area (Å²) >= 11 is 1.78. The summed E-state index contributed by atoms with van der Waals surface area (Å²) < 4.78 is 41.9. The van der Waals surface area contributed by atoms with Crippen LogP contribution < -0.4 is 11.4 Å². The van der Waals surface area contributed by atoms with E-state index in [1.807, 2.05) is 0 Å². The van der Waals surface area contributed by atoms with Crippen LogP contribution in [0.5, 0.6) is 0 Å². The molecule has 286 valence electrons. The Balaban J connectivity index is 1.78. The molecule has 0 saturated carbocycles. The summed E-state index contributed by atoms with van der Waals surface area (Å²) in [4.78, 5) is 26.5. The number of aliphatic hydroxyl groups is 1. The first-order valence-electron chi connectivity index (χ1n) is 18.7. The smallest absolute Gasteiger partial charge is 0.387 e. The van der Waals surface area contributed by atoms with Gasteiger partial charge in [0.1, 0.15) is 24.1 Å². The van der Waals surface area contributed by atoms with Gasteiger partial charge in [-0.3, -0.25) is 13.6 Å². The van der Waals surface area contributed by atoms with Crippen molar-refractivity contribution in [1.82, 2.24) is 9.55 Å². The highest BCUT2D eigenvalue weighted by Crippen LogP contribution is 2.45. The molecule has 2 unspecified atom stereocenters. The van der Waals surface area contributed by atoms with E-state index in [1.54, 1.807) is 11.8 Å². The Morgan fingerprint density at radius 1 is 0.939 bits per heavy atom. The highest BCUT2D eigenvalue weighted by atomic mass is 32.2. The van der Waals surface area contributed by atoms with Crippen LogP contribution in [-0.4, -0.2) is 82.4 Å². The number of nitrogens with zero attached hydrogens (tertiary/aromatic N) is 2. The summed E-state index contributed by atoms with van der Waals surface area (Å²) in [5, 5.41) is 10.8. The number of hydrogen-bond acceptors (Lipinski definition) is 11. The van der Waals surface area contributed by atoms with Crippen molar-refractivity contribution in [1.29, 1.82) is 0 Å². The number of aromatic nitrogens is 2. The van der Waals surface area contributed by atoms with Crippen LogP contribution in [0.2, 0.25) is 0 Å². The van der Waals surface area contributed by atoms with Crippen LogP contribution in [0.3, 0.4) is 0 Å². The van der Waals surface area contributed by atoms with Crippen molar-refractivity contribution in [3.05, 3.63) is 22.7 Å². The van der Waals surface area contributed by atoms with Crippen LogP contribution in [-0.2, 0) is 27.8 Å². The average molecular weight is 736 g/mol. The maximum atomic E-state index is 12.9. The number of phosphoric acid groups is 1. The number of phosphoric ester groups is 1. The number of thioether (sulfide) groups is 1. The van der Waals surface area contributed by atoms with Crippen LogP contribution in [0.4, 0.5) is 5.82 Å². The molecule has 0 radical (unpaired) electrons. The molecule has 6 atom stereocenters. The summed E-state index contributed by atoms with van der Waals surface area (Å²) in [6.45, 7) is 4.48. The summed E-state index contributed by atoms with van der Waals surface area (Å²) in [5.41, 5.74) is 4.90. The van der Waals surface area contributed by atoms with E-state index >= 15 is 0 Å².